The molecule has 0 bridgehead atoms. The number of carbonyl (C=O) groups is 2. The van der Waals surface area contributed by atoms with Crippen LogP contribution in [0.25, 0.3) is 5.76 Å². The van der Waals surface area contributed by atoms with E-state index in [0.29, 0.717) is 11.4 Å². The van der Waals surface area contributed by atoms with Crippen LogP contribution >= 0.6 is 11.6 Å². The maximum atomic E-state index is 15.0. The SMILES string of the molecule is COc1cccc(N2C(=O)C(=O)/C(=C(/O)c3cc(Cl)ccc3OC)C2c2ccccc2F)c1. The van der Waals surface area contributed by atoms with Crippen molar-refractivity contribution in [3.05, 3.63) is 94.3 Å². The lowest BCUT2D eigenvalue weighted by Gasteiger charge is -2.26. The van der Waals surface area contributed by atoms with Crippen LogP contribution in [0.1, 0.15) is 17.2 Å². The molecular weight excluding hydrogens is 449 g/mol. The van der Waals surface area contributed by atoms with Crippen LogP contribution in [0.4, 0.5) is 10.1 Å². The Balaban J connectivity index is 2.01. The van der Waals surface area contributed by atoms with Gasteiger partial charge in [0, 0.05) is 22.3 Å². The molecular formula is C25H19ClFNO5. The summed E-state index contributed by atoms with van der Waals surface area (Å²) in [6, 6.07) is 15.5. The van der Waals surface area contributed by atoms with Crippen molar-refractivity contribution in [2.24, 2.45) is 0 Å². The average molecular weight is 468 g/mol. The van der Waals surface area contributed by atoms with Gasteiger partial charge in [0.15, 0.2) is 0 Å². The molecule has 0 saturated carbocycles. The highest BCUT2D eigenvalue weighted by Gasteiger charge is 2.48. The molecule has 1 heterocycles. The highest BCUT2D eigenvalue weighted by atomic mass is 35.5. The smallest absolute Gasteiger partial charge is 0.300 e. The molecule has 0 aromatic heterocycles. The van der Waals surface area contributed by atoms with Crippen LogP contribution in [0.3, 0.4) is 0 Å². The highest BCUT2D eigenvalue weighted by molar-refractivity contribution is 6.51. The van der Waals surface area contributed by atoms with Gasteiger partial charge in [-0.3, -0.25) is 14.5 Å². The maximum Gasteiger partial charge on any atom is 0.300 e. The number of rotatable bonds is 5. The molecule has 1 unspecified atom stereocenters. The zero-order chi connectivity index (χ0) is 23.7. The number of nitrogens with zero attached hydrogens (tertiary/aromatic N) is 1. The van der Waals surface area contributed by atoms with Crippen molar-refractivity contribution in [3.8, 4) is 11.5 Å². The van der Waals surface area contributed by atoms with Crippen LogP contribution in [-0.2, 0) is 9.59 Å². The second-order valence-corrected chi connectivity index (χ2v) is 7.67. The molecule has 3 aromatic rings. The largest absolute Gasteiger partial charge is 0.507 e. The number of aliphatic hydroxyl groups is 1. The summed E-state index contributed by atoms with van der Waals surface area (Å²) in [5, 5.41) is 11.5. The fourth-order valence-electron chi connectivity index (χ4n) is 3.86. The van der Waals surface area contributed by atoms with E-state index >= 15 is 0 Å². The van der Waals surface area contributed by atoms with Gasteiger partial charge < -0.3 is 14.6 Å². The van der Waals surface area contributed by atoms with E-state index in [2.05, 4.69) is 0 Å². The molecule has 8 heteroatoms. The molecule has 1 aliphatic heterocycles. The Morgan fingerprint density at radius 1 is 1.00 bits per heavy atom. The van der Waals surface area contributed by atoms with Gasteiger partial charge in [-0.1, -0.05) is 35.9 Å². The fraction of sp³-hybridized carbons (Fsp3) is 0.120. The molecule has 6 nitrogen and oxygen atoms in total. The molecule has 1 fully saturated rings. The van der Waals surface area contributed by atoms with Gasteiger partial charge in [0.05, 0.1) is 31.4 Å². The molecule has 1 aliphatic rings. The Hall–Kier alpha value is -3.84. The fourth-order valence-corrected chi connectivity index (χ4v) is 4.03. The molecule has 1 saturated heterocycles. The van der Waals surface area contributed by atoms with Crippen LogP contribution in [0.15, 0.2) is 72.3 Å². The molecule has 1 N–H and O–H groups in total. The van der Waals surface area contributed by atoms with Crippen molar-refractivity contribution in [2.75, 3.05) is 19.1 Å². The number of halogens is 2. The summed E-state index contributed by atoms with van der Waals surface area (Å²) in [6.45, 7) is 0. The molecule has 1 amide bonds. The predicted molar refractivity (Wildman–Crippen MR) is 122 cm³/mol. The maximum absolute atomic E-state index is 15.0. The van der Waals surface area contributed by atoms with E-state index in [0.717, 1.165) is 4.90 Å². The first-order valence-corrected chi connectivity index (χ1v) is 10.3. The van der Waals surface area contributed by atoms with Crippen LogP contribution in [0.5, 0.6) is 11.5 Å². The van der Waals surface area contributed by atoms with Gasteiger partial charge in [0.1, 0.15) is 23.1 Å². The lowest BCUT2D eigenvalue weighted by Crippen LogP contribution is -2.29. The van der Waals surface area contributed by atoms with Gasteiger partial charge in [-0.25, -0.2) is 4.39 Å². The minimum atomic E-state index is -1.23. The van der Waals surface area contributed by atoms with Crippen molar-refractivity contribution < 1.29 is 28.6 Å². The molecule has 3 aromatic carbocycles. The molecule has 4 rings (SSSR count). The van der Waals surface area contributed by atoms with Gasteiger partial charge in [-0.15, -0.1) is 0 Å². The van der Waals surface area contributed by atoms with Gasteiger partial charge >= 0.3 is 0 Å². The van der Waals surface area contributed by atoms with Crippen LogP contribution < -0.4 is 14.4 Å². The molecule has 168 valence electrons. The van der Waals surface area contributed by atoms with Crippen LogP contribution in [0.2, 0.25) is 5.02 Å². The molecule has 1 atom stereocenters. The Morgan fingerprint density at radius 2 is 1.76 bits per heavy atom. The first-order valence-electron chi connectivity index (χ1n) is 9.90. The second kappa shape index (κ2) is 8.96. The zero-order valence-electron chi connectivity index (χ0n) is 17.7. The first kappa shape index (κ1) is 22.4. The Morgan fingerprint density at radius 3 is 2.45 bits per heavy atom. The lowest BCUT2D eigenvalue weighted by atomic mass is 9.94. The number of Topliss-reactive ketones (excluding diaryl/α,β-unsaturated/α-hetero) is 1. The van der Waals surface area contributed by atoms with Gasteiger partial charge in [-0.2, -0.15) is 0 Å². The number of hydrogen-bond donors (Lipinski definition) is 1. The minimum Gasteiger partial charge on any atom is -0.507 e. The van der Waals surface area contributed by atoms with E-state index in [9.17, 15) is 19.1 Å². The predicted octanol–water partition coefficient (Wildman–Crippen LogP) is 5.12. The third-order valence-electron chi connectivity index (χ3n) is 5.39. The third-order valence-corrected chi connectivity index (χ3v) is 5.63. The number of benzene rings is 3. The highest BCUT2D eigenvalue weighted by Crippen LogP contribution is 2.44. The summed E-state index contributed by atoms with van der Waals surface area (Å²) in [5.74, 6) is -2.37. The number of amides is 1. The monoisotopic (exact) mass is 467 g/mol. The average Bonchev–Trinajstić information content (AvgIpc) is 3.09. The second-order valence-electron chi connectivity index (χ2n) is 7.24. The molecule has 0 spiro atoms. The van der Waals surface area contributed by atoms with E-state index in [1.165, 1.54) is 44.6 Å². The number of anilines is 1. The Labute approximate surface area is 194 Å². The van der Waals surface area contributed by atoms with Crippen molar-refractivity contribution >= 4 is 34.7 Å². The lowest BCUT2D eigenvalue weighted by molar-refractivity contribution is -0.132. The Kier molecular flexibility index (Phi) is 6.07. The normalized spacial score (nSPS) is 17.3. The summed E-state index contributed by atoms with van der Waals surface area (Å²) in [7, 11) is 2.86. The summed E-state index contributed by atoms with van der Waals surface area (Å²) in [6.07, 6.45) is 0. The summed E-state index contributed by atoms with van der Waals surface area (Å²) in [5.41, 5.74) is 0.173. The standard InChI is InChI=1S/C25H19ClFNO5/c1-32-16-7-5-6-15(13-16)28-22(17-8-3-4-9-19(17)27)21(24(30)25(28)31)23(29)18-12-14(26)10-11-20(18)33-2/h3-13,22,29H,1-2H3/b23-21+. The Bertz CT molecular complexity index is 1290. The van der Waals surface area contributed by atoms with Crippen LogP contribution in [-0.4, -0.2) is 31.0 Å². The van der Waals surface area contributed by atoms with E-state index in [1.54, 1.807) is 36.4 Å². The summed E-state index contributed by atoms with van der Waals surface area (Å²) >= 11 is 6.10. The molecule has 33 heavy (non-hydrogen) atoms. The van der Waals surface area contributed by atoms with E-state index < -0.39 is 29.3 Å². The van der Waals surface area contributed by atoms with Crippen molar-refractivity contribution in [1.82, 2.24) is 0 Å². The van der Waals surface area contributed by atoms with E-state index in [1.807, 2.05) is 0 Å². The number of hydrogen-bond acceptors (Lipinski definition) is 5. The van der Waals surface area contributed by atoms with Gasteiger partial charge in [-0.05, 0) is 36.4 Å². The summed E-state index contributed by atoms with van der Waals surface area (Å²) < 4.78 is 25.5. The quantitative estimate of drug-likeness (QED) is 0.320. The number of ether oxygens (including phenoxy) is 2. The third kappa shape index (κ3) is 3.91. The number of ketones is 1. The number of aliphatic hydroxyl groups excluding tert-OH is 1. The minimum absolute atomic E-state index is 0.0436. The van der Waals surface area contributed by atoms with E-state index in [-0.39, 0.29) is 27.5 Å². The van der Waals surface area contributed by atoms with Crippen molar-refractivity contribution in [3.63, 3.8) is 0 Å². The van der Waals surface area contributed by atoms with Gasteiger partial charge in [0.25, 0.3) is 11.7 Å². The number of carbonyl (C=O) groups excluding carboxylic acids is 2. The molecule has 0 radical (unpaired) electrons. The number of methoxy groups -OCH3 is 2. The van der Waals surface area contributed by atoms with Crippen molar-refractivity contribution in [1.29, 1.82) is 0 Å². The van der Waals surface area contributed by atoms with E-state index in [4.69, 9.17) is 21.1 Å². The molecule has 0 aliphatic carbocycles. The van der Waals surface area contributed by atoms with Crippen molar-refractivity contribution in [2.45, 2.75) is 6.04 Å². The topological polar surface area (TPSA) is 76.1 Å². The zero-order valence-corrected chi connectivity index (χ0v) is 18.5. The van der Waals surface area contributed by atoms with Crippen LogP contribution in [0, 0.1) is 5.82 Å². The van der Waals surface area contributed by atoms with Gasteiger partial charge in [0.2, 0.25) is 0 Å². The first-order chi connectivity index (χ1) is 15.9. The summed E-state index contributed by atoms with van der Waals surface area (Å²) in [4.78, 5) is 27.5.